The maximum atomic E-state index is 5.71. The van der Waals surface area contributed by atoms with E-state index in [1.54, 1.807) is 0 Å². The Kier molecular flexibility index (Phi) is 7.00. The first-order valence-electron chi connectivity index (χ1n) is 9.41. The maximum Gasteiger partial charge on any atom is 0.0233 e. The van der Waals surface area contributed by atoms with Crippen molar-refractivity contribution in [2.75, 3.05) is 13.1 Å². The Bertz CT molecular complexity index is 708. The largest absolute Gasteiger partial charge is 0.326 e. The van der Waals surface area contributed by atoms with Crippen molar-refractivity contribution < 1.29 is 0 Å². The van der Waals surface area contributed by atoms with Gasteiger partial charge >= 0.3 is 0 Å². The van der Waals surface area contributed by atoms with E-state index in [-0.39, 0.29) is 0 Å². The predicted octanol–water partition coefficient (Wildman–Crippen LogP) is 4.43. The monoisotopic (exact) mass is 344 g/mol. The molecular formula is C24H28N2. The third-order valence-corrected chi connectivity index (χ3v) is 4.78. The lowest BCUT2D eigenvalue weighted by Crippen LogP contribution is -2.28. The van der Waals surface area contributed by atoms with Gasteiger partial charge in [0, 0.05) is 26.2 Å². The minimum absolute atomic E-state index is 0.603. The smallest absolute Gasteiger partial charge is 0.0233 e. The summed E-state index contributed by atoms with van der Waals surface area (Å²) in [5, 5.41) is 0. The van der Waals surface area contributed by atoms with Crippen molar-refractivity contribution in [3.05, 3.63) is 107 Å². The first-order chi connectivity index (χ1) is 12.8. The van der Waals surface area contributed by atoms with Crippen LogP contribution in [0.4, 0.5) is 0 Å². The van der Waals surface area contributed by atoms with Crippen LogP contribution in [0, 0.1) is 0 Å². The molecule has 0 aliphatic heterocycles. The van der Waals surface area contributed by atoms with Crippen LogP contribution in [-0.2, 0) is 25.9 Å². The Hall–Kier alpha value is -2.42. The summed E-state index contributed by atoms with van der Waals surface area (Å²) >= 11 is 0. The van der Waals surface area contributed by atoms with E-state index in [4.69, 9.17) is 5.73 Å². The van der Waals surface area contributed by atoms with Gasteiger partial charge < -0.3 is 5.73 Å². The molecule has 26 heavy (non-hydrogen) atoms. The Morgan fingerprint density at radius 1 is 0.538 bits per heavy atom. The van der Waals surface area contributed by atoms with E-state index in [9.17, 15) is 0 Å². The molecule has 0 aromatic heterocycles. The molecule has 0 saturated heterocycles. The summed E-state index contributed by atoms with van der Waals surface area (Å²) in [4.78, 5) is 2.55. The molecule has 0 bridgehead atoms. The molecule has 0 aliphatic carbocycles. The first-order valence-corrected chi connectivity index (χ1v) is 9.41. The number of nitrogens with zero attached hydrogens (tertiary/aromatic N) is 1. The highest BCUT2D eigenvalue weighted by molar-refractivity contribution is 5.22. The lowest BCUT2D eigenvalue weighted by Gasteiger charge is -2.23. The Balaban J connectivity index is 1.63. The van der Waals surface area contributed by atoms with Crippen LogP contribution >= 0.6 is 0 Å². The third-order valence-electron chi connectivity index (χ3n) is 4.78. The van der Waals surface area contributed by atoms with Crippen molar-refractivity contribution in [3.63, 3.8) is 0 Å². The zero-order chi connectivity index (χ0) is 18.0. The topological polar surface area (TPSA) is 29.3 Å². The fraction of sp³-hybridized carbons (Fsp3) is 0.250. The lowest BCUT2D eigenvalue weighted by molar-refractivity contribution is 0.272. The molecule has 0 saturated carbocycles. The molecule has 0 atom stereocenters. The zero-order valence-corrected chi connectivity index (χ0v) is 15.4. The quantitative estimate of drug-likeness (QED) is 0.622. The number of hydrogen-bond donors (Lipinski definition) is 1. The van der Waals surface area contributed by atoms with Gasteiger partial charge in [0.1, 0.15) is 0 Å². The van der Waals surface area contributed by atoms with Crippen molar-refractivity contribution in [3.8, 4) is 0 Å². The summed E-state index contributed by atoms with van der Waals surface area (Å²) in [6.07, 6.45) is 2.16. The van der Waals surface area contributed by atoms with Crippen LogP contribution in [0.25, 0.3) is 0 Å². The summed E-state index contributed by atoms with van der Waals surface area (Å²) in [5.74, 6) is 0. The van der Waals surface area contributed by atoms with E-state index in [2.05, 4.69) is 89.8 Å². The van der Waals surface area contributed by atoms with Gasteiger partial charge in [-0.15, -0.1) is 0 Å². The molecule has 0 spiro atoms. The van der Waals surface area contributed by atoms with Gasteiger partial charge in [-0.05, 0) is 35.1 Å². The average Bonchev–Trinajstić information content (AvgIpc) is 2.72. The van der Waals surface area contributed by atoms with Gasteiger partial charge in [-0.1, -0.05) is 84.9 Å². The van der Waals surface area contributed by atoms with E-state index in [0.717, 1.165) is 32.5 Å². The third kappa shape index (κ3) is 5.83. The predicted molar refractivity (Wildman–Crippen MR) is 110 cm³/mol. The second-order valence-electron chi connectivity index (χ2n) is 6.77. The molecule has 0 fully saturated rings. The van der Waals surface area contributed by atoms with E-state index in [1.807, 2.05) is 0 Å². The molecule has 3 rings (SSSR count). The molecule has 3 aromatic rings. The molecule has 3 aromatic carbocycles. The highest BCUT2D eigenvalue weighted by Gasteiger charge is 2.07. The normalized spacial score (nSPS) is 11.0. The summed E-state index contributed by atoms with van der Waals surface area (Å²) in [6.45, 7) is 3.71. The molecule has 2 heteroatoms. The van der Waals surface area contributed by atoms with Crippen LogP contribution in [0.1, 0.15) is 22.3 Å². The average molecular weight is 345 g/mol. The fourth-order valence-corrected chi connectivity index (χ4v) is 3.17. The van der Waals surface area contributed by atoms with Crippen LogP contribution in [-0.4, -0.2) is 18.0 Å². The highest BCUT2D eigenvalue weighted by atomic mass is 15.1. The van der Waals surface area contributed by atoms with Gasteiger partial charge in [0.25, 0.3) is 0 Å². The fourth-order valence-electron chi connectivity index (χ4n) is 3.17. The first kappa shape index (κ1) is 18.4. The number of benzene rings is 3. The van der Waals surface area contributed by atoms with Gasteiger partial charge in [-0.3, -0.25) is 4.90 Å². The lowest BCUT2D eigenvalue weighted by atomic mass is 10.1. The second kappa shape index (κ2) is 9.91. The number of hydrogen-bond acceptors (Lipinski definition) is 2. The molecule has 0 heterocycles. The van der Waals surface area contributed by atoms with Crippen LogP contribution in [0.3, 0.4) is 0 Å². The Morgan fingerprint density at radius 3 is 1.46 bits per heavy atom. The Morgan fingerprint density at radius 2 is 1.00 bits per heavy atom. The van der Waals surface area contributed by atoms with Crippen LogP contribution in [0.5, 0.6) is 0 Å². The van der Waals surface area contributed by atoms with Crippen molar-refractivity contribution >= 4 is 0 Å². The van der Waals surface area contributed by atoms with Crippen molar-refractivity contribution in [1.82, 2.24) is 4.90 Å². The Labute approximate surface area is 157 Å². The van der Waals surface area contributed by atoms with E-state index >= 15 is 0 Å². The summed E-state index contributed by atoms with van der Waals surface area (Å²) in [5.41, 5.74) is 11.1. The van der Waals surface area contributed by atoms with Gasteiger partial charge in [0.15, 0.2) is 0 Å². The number of nitrogens with two attached hydrogens (primary N) is 1. The highest BCUT2D eigenvalue weighted by Crippen LogP contribution is 2.11. The SMILES string of the molecule is NCc1ccc(CN(CCc2ccccc2)CCc2ccccc2)cc1. The van der Waals surface area contributed by atoms with E-state index in [0.29, 0.717) is 6.54 Å². The molecule has 0 radical (unpaired) electrons. The summed E-state index contributed by atoms with van der Waals surface area (Å²) < 4.78 is 0. The summed E-state index contributed by atoms with van der Waals surface area (Å²) in [6, 6.07) is 30.2. The van der Waals surface area contributed by atoms with E-state index in [1.165, 1.54) is 22.3 Å². The molecule has 0 unspecified atom stereocenters. The van der Waals surface area contributed by atoms with Gasteiger partial charge in [-0.2, -0.15) is 0 Å². The maximum absolute atomic E-state index is 5.71. The standard InChI is InChI=1S/C24H28N2/c25-19-23-11-13-24(14-12-23)20-26(17-15-21-7-3-1-4-8-21)18-16-22-9-5-2-6-10-22/h1-14H,15-20,25H2. The number of rotatable bonds is 9. The van der Waals surface area contributed by atoms with Gasteiger partial charge in [-0.25, -0.2) is 0 Å². The van der Waals surface area contributed by atoms with Gasteiger partial charge in [0.05, 0.1) is 0 Å². The molecule has 2 nitrogen and oxygen atoms in total. The van der Waals surface area contributed by atoms with Crippen LogP contribution in [0.15, 0.2) is 84.9 Å². The molecule has 134 valence electrons. The minimum Gasteiger partial charge on any atom is -0.326 e. The van der Waals surface area contributed by atoms with Crippen molar-refractivity contribution in [2.45, 2.75) is 25.9 Å². The molecule has 2 N–H and O–H groups in total. The second-order valence-corrected chi connectivity index (χ2v) is 6.77. The van der Waals surface area contributed by atoms with Crippen LogP contribution in [0.2, 0.25) is 0 Å². The molecule has 0 amide bonds. The van der Waals surface area contributed by atoms with Gasteiger partial charge in [0.2, 0.25) is 0 Å². The molecular weight excluding hydrogens is 316 g/mol. The van der Waals surface area contributed by atoms with E-state index < -0.39 is 0 Å². The zero-order valence-electron chi connectivity index (χ0n) is 15.4. The van der Waals surface area contributed by atoms with Crippen molar-refractivity contribution in [2.24, 2.45) is 5.73 Å². The molecule has 0 aliphatic rings. The minimum atomic E-state index is 0.603. The summed E-state index contributed by atoms with van der Waals surface area (Å²) in [7, 11) is 0. The van der Waals surface area contributed by atoms with Crippen molar-refractivity contribution in [1.29, 1.82) is 0 Å². The van der Waals surface area contributed by atoms with Crippen LogP contribution < -0.4 is 5.73 Å².